The van der Waals surface area contributed by atoms with E-state index in [4.69, 9.17) is 0 Å². The smallest absolute Gasteiger partial charge is 0.235 e. The van der Waals surface area contributed by atoms with Crippen LogP contribution in [0.25, 0.3) is 0 Å². The number of fused-ring (bicyclic) bond motifs is 1. The summed E-state index contributed by atoms with van der Waals surface area (Å²) in [5.41, 5.74) is 3.50. The molecule has 116 valence electrons. The van der Waals surface area contributed by atoms with Crippen LogP contribution in [0.3, 0.4) is 0 Å². The van der Waals surface area contributed by atoms with Gasteiger partial charge in [-0.2, -0.15) is 5.10 Å². The second-order valence-electron chi connectivity index (χ2n) is 5.51. The second kappa shape index (κ2) is 6.96. The lowest BCUT2D eigenvalue weighted by atomic mass is 9.97. The molecule has 0 saturated carbocycles. The van der Waals surface area contributed by atoms with E-state index in [0.29, 0.717) is 5.75 Å². The van der Waals surface area contributed by atoms with E-state index >= 15 is 0 Å². The third-order valence-electron chi connectivity index (χ3n) is 3.80. The average Bonchev–Trinajstić information content (AvgIpc) is 2.84. The molecule has 1 N–H and O–H groups in total. The molecular formula is C16H20N4OS. The standard InChI is InChI=1S/C16H20N4OS/c1-20-16(13-6-2-3-7-14(13)19-20)18-15(21)11-22-10-12-5-4-8-17-9-12/h4-5,8-9H,2-3,6-7,10-11H2,1H3,(H,18,21). The molecular weight excluding hydrogens is 296 g/mol. The maximum atomic E-state index is 12.1. The first-order chi connectivity index (χ1) is 10.7. The van der Waals surface area contributed by atoms with Gasteiger partial charge in [-0.05, 0) is 37.3 Å². The molecule has 2 heterocycles. The van der Waals surface area contributed by atoms with E-state index in [1.54, 1.807) is 22.6 Å². The van der Waals surface area contributed by atoms with Crippen LogP contribution in [0.1, 0.15) is 29.7 Å². The minimum Gasteiger partial charge on any atom is -0.310 e. The Kier molecular flexibility index (Phi) is 4.77. The summed E-state index contributed by atoms with van der Waals surface area (Å²) in [5.74, 6) is 2.14. The van der Waals surface area contributed by atoms with Crippen LogP contribution in [0.4, 0.5) is 5.82 Å². The van der Waals surface area contributed by atoms with Crippen molar-refractivity contribution < 1.29 is 4.79 Å². The van der Waals surface area contributed by atoms with E-state index in [2.05, 4.69) is 15.4 Å². The molecule has 1 amide bonds. The van der Waals surface area contributed by atoms with Gasteiger partial charge in [-0.1, -0.05) is 6.07 Å². The fourth-order valence-electron chi connectivity index (χ4n) is 2.75. The predicted octanol–water partition coefficient (Wildman–Crippen LogP) is 2.57. The van der Waals surface area contributed by atoms with Crippen LogP contribution < -0.4 is 5.32 Å². The monoisotopic (exact) mass is 316 g/mol. The number of carbonyl (C=O) groups excluding carboxylic acids is 1. The number of carbonyl (C=O) groups is 1. The van der Waals surface area contributed by atoms with Crippen LogP contribution in [0.15, 0.2) is 24.5 Å². The number of nitrogens with zero attached hydrogens (tertiary/aromatic N) is 3. The topological polar surface area (TPSA) is 59.8 Å². The Balaban J connectivity index is 1.55. The molecule has 6 heteroatoms. The fourth-order valence-corrected chi connectivity index (χ4v) is 3.52. The van der Waals surface area contributed by atoms with Gasteiger partial charge in [-0.25, -0.2) is 0 Å². The van der Waals surface area contributed by atoms with Gasteiger partial charge in [0.15, 0.2) is 0 Å². The normalized spacial score (nSPS) is 13.7. The average molecular weight is 316 g/mol. The van der Waals surface area contributed by atoms with Crippen molar-refractivity contribution in [3.05, 3.63) is 41.3 Å². The number of aryl methyl sites for hydroxylation is 2. The maximum Gasteiger partial charge on any atom is 0.235 e. The van der Waals surface area contributed by atoms with Crippen LogP contribution in [0.5, 0.6) is 0 Å². The molecule has 3 rings (SSSR count). The van der Waals surface area contributed by atoms with Crippen molar-refractivity contribution in [3.63, 3.8) is 0 Å². The molecule has 0 saturated heterocycles. The number of hydrogen-bond donors (Lipinski definition) is 1. The highest BCUT2D eigenvalue weighted by atomic mass is 32.2. The van der Waals surface area contributed by atoms with Gasteiger partial charge in [-0.3, -0.25) is 14.5 Å². The summed E-state index contributed by atoms with van der Waals surface area (Å²) in [6.07, 6.45) is 8.00. The van der Waals surface area contributed by atoms with Crippen molar-refractivity contribution in [1.82, 2.24) is 14.8 Å². The first-order valence-electron chi connectivity index (χ1n) is 7.55. The summed E-state index contributed by atoms with van der Waals surface area (Å²) < 4.78 is 1.81. The van der Waals surface area contributed by atoms with Gasteiger partial charge in [0.05, 0.1) is 11.4 Å². The molecule has 22 heavy (non-hydrogen) atoms. The Morgan fingerprint density at radius 2 is 2.27 bits per heavy atom. The zero-order chi connectivity index (χ0) is 15.4. The minimum absolute atomic E-state index is 0.0327. The third-order valence-corrected chi connectivity index (χ3v) is 4.81. The Bertz CT molecular complexity index is 654. The number of thioether (sulfide) groups is 1. The molecule has 0 fully saturated rings. The van der Waals surface area contributed by atoms with E-state index in [-0.39, 0.29) is 5.91 Å². The molecule has 2 aromatic rings. The molecule has 2 aromatic heterocycles. The first-order valence-corrected chi connectivity index (χ1v) is 8.71. The van der Waals surface area contributed by atoms with Gasteiger partial charge in [0.25, 0.3) is 0 Å². The van der Waals surface area contributed by atoms with Crippen LogP contribution in [-0.2, 0) is 30.4 Å². The van der Waals surface area contributed by atoms with Gasteiger partial charge in [-0.15, -0.1) is 11.8 Å². The summed E-state index contributed by atoms with van der Waals surface area (Å²) in [6, 6.07) is 3.94. The number of rotatable bonds is 5. The van der Waals surface area contributed by atoms with E-state index in [1.807, 2.05) is 25.4 Å². The molecule has 0 aliphatic heterocycles. The summed E-state index contributed by atoms with van der Waals surface area (Å²) in [4.78, 5) is 16.2. The fraction of sp³-hybridized carbons (Fsp3) is 0.438. The molecule has 1 aliphatic rings. The maximum absolute atomic E-state index is 12.1. The predicted molar refractivity (Wildman–Crippen MR) is 88.9 cm³/mol. The zero-order valence-corrected chi connectivity index (χ0v) is 13.5. The van der Waals surface area contributed by atoms with Crippen LogP contribution >= 0.6 is 11.8 Å². The zero-order valence-electron chi connectivity index (χ0n) is 12.7. The highest BCUT2D eigenvalue weighted by Gasteiger charge is 2.20. The van der Waals surface area contributed by atoms with Crippen molar-refractivity contribution in [1.29, 1.82) is 0 Å². The van der Waals surface area contributed by atoms with E-state index in [1.165, 1.54) is 18.4 Å². The van der Waals surface area contributed by atoms with E-state index in [9.17, 15) is 4.79 Å². The Hall–Kier alpha value is -1.82. The van der Waals surface area contributed by atoms with Crippen LogP contribution in [0, 0.1) is 0 Å². The summed E-state index contributed by atoms with van der Waals surface area (Å²) in [5, 5.41) is 7.55. The summed E-state index contributed by atoms with van der Waals surface area (Å²) in [7, 11) is 1.90. The van der Waals surface area contributed by atoms with Gasteiger partial charge < -0.3 is 5.32 Å². The van der Waals surface area contributed by atoms with Gasteiger partial charge in [0.2, 0.25) is 5.91 Å². The second-order valence-corrected chi connectivity index (χ2v) is 6.49. The first kappa shape index (κ1) is 15.1. The van der Waals surface area contributed by atoms with Gasteiger partial charge in [0, 0.05) is 30.8 Å². The molecule has 1 aliphatic carbocycles. The van der Waals surface area contributed by atoms with Crippen molar-refractivity contribution in [2.45, 2.75) is 31.4 Å². The SMILES string of the molecule is Cn1nc2c(c1NC(=O)CSCc1cccnc1)CCCC2. The van der Waals surface area contributed by atoms with Gasteiger partial charge in [0.1, 0.15) is 5.82 Å². The lowest BCUT2D eigenvalue weighted by Crippen LogP contribution is -2.18. The van der Waals surface area contributed by atoms with Crippen molar-refractivity contribution in [2.24, 2.45) is 7.05 Å². The number of pyridine rings is 1. The lowest BCUT2D eigenvalue weighted by molar-refractivity contribution is -0.113. The van der Waals surface area contributed by atoms with Crippen molar-refractivity contribution >= 4 is 23.5 Å². The highest BCUT2D eigenvalue weighted by molar-refractivity contribution is 7.99. The Morgan fingerprint density at radius 1 is 1.41 bits per heavy atom. The molecule has 0 radical (unpaired) electrons. The lowest BCUT2D eigenvalue weighted by Gasteiger charge is -2.12. The molecule has 0 aromatic carbocycles. The summed E-state index contributed by atoms with van der Waals surface area (Å²) in [6.45, 7) is 0. The number of nitrogens with one attached hydrogen (secondary N) is 1. The molecule has 0 atom stereocenters. The van der Waals surface area contributed by atoms with E-state index < -0.39 is 0 Å². The van der Waals surface area contributed by atoms with Crippen LogP contribution in [0.2, 0.25) is 0 Å². The molecule has 0 unspecified atom stereocenters. The Labute approximate surface area is 134 Å². The largest absolute Gasteiger partial charge is 0.310 e. The summed E-state index contributed by atoms with van der Waals surface area (Å²) >= 11 is 1.60. The number of anilines is 1. The minimum atomic E-state index is 0.0327. The molecule has 0 bridgehead atoms. The third kappa shape index (κ3) is 3.50. The van der Waals surface area contributed by atoms with Crippen LogP contribution in [-0.4, -0.2) is 26.4 Å². The number of aromatic nitrogens is 3. The molecule has 0 spiro atoms. The van der Waals surface area contributed by atoms with E-state index in [0.717, 1.165) is 35.7 Å². The Morgan fingerprint density at radius 3 is 3.09 bits per heavy atom. The number of hydrogen-bond acceptors (Lipinski definition) is 4. The van der Waals surface area contributed by atoms with Gasteiger partial charge >= 0.3 is 0 Å². The number of amides is 1. The quantitative estimate of drug-likeness (QED) is 0.921. The van der Waals surface area contributed by atoms with Crippen molar-refractivity contribution in [3.8, 4) is 0 Å². The van der Waals surface area contributed by atoms with Crippen molar-refractivity contribution in [2.75, 3.05) is 11.1 Å². The molecule has 5 nitrogen and oxygen atoms in total. The highest BCUT2D eigenvalue weighted by Crippen LogP contribution is 2.27.